The van der Waals surface area contributed by atoms with Gasteiger partial charge in [-0.3, -0.25) is 0 Å². The summed E-state index contributed by atoms with van der Waals surface area (Å²) in [5, 5.41) is 0. The summed E-state index contributed by atoms with van der Waals surface area (Å²) >= 11 is 0. The largest absolute Gasteiger partial charge is 0.207 e. The van der Waals surface area contributed by atoms with Gasteiger partial charge in [-0.2, -0.15) is 0 Å². The molecule has 0 aromatic carbocycles. The van der Waals surface area contributed by atoms with Crippen LogP contribution in [0.3, 0.4) is 0 Å². The first-order chi connectivity index (χ1) is 5.75. The number of hydrogen-bond donors (Lipinski definition) is 0. The van der Waals surface area contributed by atoms with Crippen molar-refractivity contribution in [3.63, 3.8) is 0 Å². The smallest absolute Gasteiger partial charge is 0.123 e. The van der Waals surface area contributed by atoms with Crippen molar-refractivity contribution in [2.24, 2.45) is 0 Å². The Balaban J connectivity index is 2.42. The second-order valence-electron chi connectivity index (χ2n) is 2.64. The first-order valence-corrected chi connectivity index (χ1v) is 3.60. The highest BCUT2D eigenvalue weighted by Gasteiger charge is 2.08. The van der Waals surface area contributed by atoms with Crippen molar-refractivity contribution < 1.29 is 8.78 Å². The molecule has 0 atom stereocenters. The maximum Gasteiger partial charge on any atom is 0.123 e. The summed E-state index contributed by atoms with van der Waals surface area (Å²) in [6.07, 6.45) is 8.75. The summed E-state index contributed by atoms with van der Waals surface area (Å²) in [4.78, 5) is 0. The van der Waals surface area contributed by atoms with Gasteiger partial charge in [-0.15, -0.1) is 0 Å². The molecule has 2 rings (SSSR count). The Labute approximate surface area is 68.9 Å². The molecule has 0 saturated heterocycles. The Morgan fingerprint density at radius 3 is 1.33 bits per heavy atom. The number of halogens is 2. The summed E-state index contributed by atoms with van der Waals surface area (Å²) in [5.74, 6) is -0.571. The van der Waals surface area contributed by atoms with Crippen LogP contribution in [0.1, 0.15) is 0 Å². The minimum atomic E-state index is -0.286. The highest BCUT2D eigenvalue weighted by atomic mass is 19.1. The van der Waals surface area contributed by atoms with Crippen molar-refractivity contribution in [1.82, 2.24) is 0 Å². The van der Waals surface area contributed by atoms with Crippen molar-refractivity contribution >= 4 is 0 Å². The molecular weight excluding hydrogens is 158 g/mol. The molecule has 0 heterocycles. The molecule has 0 saturated carbocycles. The second kappa shape index (κ2) is 2.55. The molecule has 0 bridgehead atoms. The maximum atomic E-state index is 12.5. The van der Waals surface area contributed by atoms with Crippen molar-refractivity contribution in [2.75, 3.05) is 0 Å². The molecule has 0 aliphatic heterocycles. The molecule has 0 aromatic heterocycles. The average Bonchev–Trinajstić information content (AvgIpc) is 2.58. The van der Waals surface area contributed by atoms with E-state index in [1.54, 1.807) is 12.2 Å². The van der Waals surface area contributed by atoms with E-state index in [1.165, 1.54) is 24.3 Å². The number of allylic oxidation sites excluding steroid dienone is 10. The second-order valence-corrected chi connectivity index (χ2v) is 2.64. The molecule has 0 N–H and O–H groups in total. The predicted molar refractivity (Wildman–Crippen MR) is 43.7 cm³/mol. The number of rotatable bonds is 0. The van der Waals surface area contributed by atoms with E-state index in [2.05, 4.69) is 0 Å². The lowest BCUT2D eigenvalue weighted by Gasteiger charge is -1.91. The molecule has 0 unspecified atom stereocenters. The fraction of sp³-hybridized carbons (Fsp3) is 0. The lowest BCUT2D eigenvalue weighted by atomic mass is 10.1. The van der Waals surface area contributed by atoms with Gasteiger partial charge in [0.2, 0.25) is 0 Å². The zero-order chi connectivity index (χ0) is 8.55. The lowest BCUT2D eigenvalue weighted by Crippen LogP contribution is -1.73. The van der Waals surface area contributed by atoms with Crippen LogP contribution in [0.5, 0.6) is 0 Å². The number of hydrogen-bond acceptors (Lipinski definition) is 0. The van der Waals surface area contributed by atoms with Crippen LogP contribution in [0, 0.1) is 0 Å². The van der Waals surface area contributed by atoms with E-state index in [9.17, 15) is 8.78 Å². The third-order valence-corrected chi connectivity index (χ3v) is 1.76. The highest BCUT2D eigenvalue weighted by Crippen LogP contribution is 2.25. The summed E-state index contributed by atoms with van der Waals surface area (Å²) in [7, 11) is 0. The van der Waals surface area contributed by atoms with E-state index < -0.39 is 0 Å². The molecule has 0 nitrogen and oxygen atoms in total. The van der Waals surface area contributed by atoms with Crippen LogP contribution in [-0.4, -0.2) is 0 Å². The van der Waals surface area contributed by atoms with Gasteiger partial charge in [-0.05, 0) is 35.5 Å². The maximum absolute atomic E-state index is 12.5. The van der Waals surface area contributed by atoms with Crippen molar-refractivity contribution in [3.05, 3.63) is 59.3 Å². The third-order valence-electron chi connectivity index (χ3n) is 1.76. The monoisotopic (exact) mass is 164 g/mol. The molecule has 2 heteroatoms. The van der Waals surface area contributed by atoms with E-state index >= 15 is 0 Å². The lowest BCUT2D eigenvalue weighted by molar-refractivity contribution is 0.669. The van der Waals surface area contributed by atoms with Gasteiger partial charge in [-0.1, -0.05) is 12.2 Å². The van der Waals surface area contributed by atoms with Crippen molar-refractivity contribution in [1.29, 1.82) is 0 Å². The van der Waals surface area contributed by atoms with Crippen molar-refractivity contribution in [3.8, 4) is 0 Å². The van der Waals surface area contributed by atoms with Crippen LogP contribution in [-0.2, 0) is 0 Å². The van der Waals surface area contributed by atoms with Crippen LogP contribution in [0.25, 0.3) is 0 Å². The van der Waals surface area contributed by atoms with Gasteiger partial charge in [0.25, 0.3) is 0 Å². The fourth-order valence-corrected chi connectivity index (χ4v) is 1.19. The Morgan fingerprint density at radius 1 is 0.667 bits per heavy atom. The van der Waals surface area contributed by atoms with Crippen LogP contribution in [0.2, 0.25) is 0 Å². The van der Waals surface area contributed by atoms with Gasteiger partial charge >= 0.3 is 0 Å². The highest BCUT2D eigenvalue weighted by molar-refractivity contribution is 5.56. The summed E-state index contributed by atoms with van der Waals surface area (Å²) < 4.78 is 25.1. The quantitative estimate of drug-likeness (QED) is 0.516. The summed E-state index contributed by atoms with van der Waals surface area (Å²) in [6.45, 7) is 0. The summed E-state index contributed by atoms with van der Waals surface area (Å²) in [6, 6.07) is 0. The van der Waals surface area contributed by atoms with Gasteiger partial charge in [0, 0.05) is 0 Å². The van der Waals surface area contributed by atoms with Crippen LogP contribution in [0.4, 0.5) is 8.78 Å². The van der Waals surface area contributed by atoms with Gasteiger partial charge in [0.05, 0.1) is 0 Å². The zero-order valence-corrected chi connectivity index (χ0v) is 6.22. The first-order valence-electron chi connectivity index (χ1n) is 3.60. The molecule has 12 heavy (non-hydrogen) atoms. The van der Waals surface area contributed by atoms with E-state index in [0.29, 0.717) is 0 Å². The molecule has 2 aliphatic carbocycles. The normalized spacial score (nSPS) is 26.5. The Kier molecular flexibility index (Phi) is 1.54. The van der Waals surface area contributed by atoms with Gasteiger partial charge in [0.1, 0.15) is 11.7 Å². The van der Waals surface area contributed by atoms with E-state index in [1.807, 2.05) is 0 Å². The molecule has 60 valence electrons. The van der Waals surface area contributed by atoms with Gasteiger partial charge < -0.3 is 0 Å². The first kappa shape index (κ1) is 7.22. The van der Waals surface area contributed by atoms with Gasteiger partial charge in [0.15, 0.2) is 0 Å². The minimum absolute atomic E-state index is 0.286. The van der Waals surface area contributed by atoms with Crippen LogP contribution >= 0.6 is 0 Å². The van der Waals surface area contributed by atoms with Crippen molar-refractivity contribution in [2.45, 2.75) is 0 Å². The molecule has 0 spiro atoms. The fourth-order valence-electron chi connectivity index (χ4n) is 1.19. The summed E-state index contributed by atoms with van der Waals surface area (Å²) in [5.41, 5.74) is 1.44. The Hall–Kier alpha value is -1.44. The Bertz CT molecular complexity index is 329. The Morgan fingerprint density at radius 2 is 1.08 bits per heavy atom. The van der Waals surface area contributed by atoms with Crippen LogP contribution < -0.4 is 0 Å². The minimum Gasteiger partial charge on any atom is -0.207 e. The third kappa shape index (κ3) is 1.16. The predicted octanol–water partition coefficient (Wildman–Crippen LogP) is 3.13. The molecule has 0 amide bonds. The van der Waals surface area contributed by atoms with E-state index in [0.717, 1.165) is 11.1 Å². The zero-order valence-electron chi connectivity index (χ0n) is 6.22. The molecule has 0 radical (unpaired) electrons. The molecule has 0 fully saturated rings. The topological polar surface area (TPSA) is 0 Å². The van der Waals surface area contributed by atoms with E-state index in [4.69, 9.17) is 0 Å². The average molecular weight is 164 g/mol. The van der Waals surface area contributed by atoms with Gasteiger partial charge in [-0.25, -0.2) is 8.78 Å². The molecule has 2 aliphatic rings. The van der Waals surface area contributed by atoms with E-state index in [-0.39, 0.29) is 11.7 Å². The molecule has 0 aromatic rings. The standard InChI is InChI=1S/C10H6F2/c11-9-3-1-7(5-9)8-2-4-10(12)6-8/h1-6H. The van der Waals surface area contributed by atoms with Crippen LogP contribution in [0.15, 0.2) is 59.3 Å². The molecular formula is C10H6F2. The SMILES string of the molecule is FC1=CC(=C2C=CC(F)=C2)C=C1.